The van der Waals surface area contributed by atoms with Gasteiger partial charge in [0.2, 0.25) is 5.88 Å². The third kappa shape index (κ3) is 3.71. The maximum atomic E-state index is 12.3. The van der Waals surface area contributed by atoms with Gasteiger partial charge >= 0.3 is 6.03 Å². The molecule has 1 aliphatic rings. The summed E-state index contributed by atoms with van der Waals surface area (Å²) < 4.78 is 4.94. The molecular weight excluding hydrogens is 296 g/mol. The topological polar surface area (TPSA) is 93.1 Å². The predicted molar refractivity (Wildman–Crippen MR) is 83.2 cm³/mol. The van der Waals surface area contributed by atoms with Gasteiger partial charge in [0.15, 0.2) is 5.82 Å². The number of anilines is 1. The van der Waals surface area contributed by atoms with Crippen molar-refractivity contribution < 1.29 is 9.53 Å². The number of hydrogen-bond donors (Lipinski definition) is 1. The Balaban J connectivity index is 1.53. The van der Waals surface area contributed by atoms with Crippen molar-refractivity contribution in [3.05, 3.63) is 36.7 Å². The average molecular weight is 314 g/mol. The molecule has 3 heterocycles. The van der Waals surface area contributed by atoms with E-state index in [0.717, 1.165) is 18.5 Å². The van der Waals surface area contributed by atoms with Crippen LogP contribution >= 0.6 is 0 Å². The van der Waals surface area contributed by atoms with Gasteiger partial charge in [-0.15, -0.1) is 0 Å². The fraction of sp³-hybridized carbons (Fsp3) is 0.400. The smallest absolute Gasteiger partial charge is 0.323 e. The number of hydrogen-bond acceptors (Lipinski definition) is 6. The van der Waals surface area contributed by atoms with Gasteiger partial charge in [-0.3, -0.25) is 5.32 Å². The fourth-order valence-electron chi connectivity index (χ4n) is 2.60. The number of nitrogens with one attached hydrogen (secondary N) is 1. The van der Waals surface area contributed by atoms with E-state index < -0.39 is 0 Å². The molecule has 3 rings (SSSR count). The number of nitrogens with zero attached hydrogens (tertiary/aromatic N) is 5. The minimum atomic E-state index is -0.161. The van der Waals surface area contributed by atoms with Crippen LogP contribution in [0.1, 0.15) is 24.5 Å². The van der Waals surface area contributed by atoms with Crippen LogP contribution in [0.2, 0.25) is 0 Å². The van der Waals surface area contributed by atoms with Gasteiger partial charge in [-0.2, -0.15) is 0 Å². The van der Waals surface area contributed by atoms with Crippen LogP contribution in [0, 0.1) is 0 Å². The predicted octanol–water partition coefficient (Wildman–Crippen LogP) is 1.69. The number of piperidine rings is 1. The van der Waals surface area contributed by atoms with Gasteiger partial charge in [-0.25, -0.2) is 24.7 Å². The monoisotopic (exact) mass is 314 g/mol. The summed E-state index contributed by atoms with van der Waals surface area (Å²) in [6.07, 6.45) is 8.04. The molecule has 120 valence electrons. The Hall–Kier alpha value is -2.77. The maximum Gasteiger partial charge on any atom is 0.323 e. The molecule has 0 saturated carbocycles. The highest BCUT2D eigenvalue weighted by atomic mass is 16.5. The number of carbonyl (C=O) groups excluding carboxylic acids is 1. The van der Waals surface area contributed by atoms with Gasteiger partial charge in [-0.1, -0.05) is 0 Å². The molecule has 0 unspecified atom stereocenters. The quantitative estimate of drug-likeness (QED) is 0.926. The number of amides is 2. The molecule has 2 amide bonds. The Morgan fingerprint density at radius 3 is 2.70 bits per heavy atom. The van der Waals surface area contributed by atoms with Crippen LogP contribution in [0.4, 0.5) is 10.6 Å². The summed E-state index contributed by atoms with van der Waals surface area (Å²) in [7, 11) is 1.52. The number of ether oxygens (including phenoxy) is 1. The van der Waals surface area contributed by atoms with E-state index >= 15 is 0 Å². The SMILES string of the molecule is COc1cnc(NC(=O)N2CCC(c3ccncn3)CC2)cn1. The van der Waals surface area contributed by atoms with E-state index in [4.69, 9.17) is 4.74 Å². The zero-order valence-corrected chi connectivity index (χ0v) is 12.8. The Labute approximate surface area is 134 Å². The molecule has 0 radical (unpaired) electrons. The Morgan fingerprint density at radius 1 is 1.26 bits per heavy atom. The third-order valence-electron chi connectivity index (χ3n) is 3.88. The minimum absolute atomic E-state index is 0.161. The van der Waals surface area contributed by atoms with Crippen LogP contribution in [-0.4, -0.2) is 51.1 Å². The van der Waals surface area contributed by atoms with Crippen molar-refractivity contribution in [2.24, 2.45) is 0 Å². The number of rotatable bonds is 3. The van der Waals surface area contributed by atoms with Crippen molar-refractivity contribution in [2.45, 2.75) is 18.8 Å². The normalized spacial score (nSPS) is 15.3. The molecule has 1 fully saturated rings. The second-order valence-electron chi connectivity index (χ2n) is 5.27. The van der Waals surface area contributed by atoms with Crippen molar-refractivity contribution in [3.63, 3.8) is 0 Å². The molecule has 0 atom stereocenters. The molecule has 0 aromatic carbocycles. The zero-order chi connectivity index (χ0) is 16.1. The van der Waals surface area contributed by atoms with Crippen molar-refractivity contribution in [2.75, 3.05) is 25.5 Å². The highest BCUT2D eigenvalue weighted by Crippen LogP contribution is 2.26. The Morgan fingerprint density at radius 2 is 2.09 bits per heavy atom. The first-order valence-electron chi connectivity index (χ1n) is 7.44. The summed E-state index contributed by atoms with van der Waals surface area (Å²) in [5.74, 6) is 1.20. The minimum Gasteiger partial charge on any atom is -0.480 e. The van der Waals surface area contributed by atoms with Gasteiger partial charge < -0.3 is 9.64 Å². The van der Waals surface area contributed by atoms with Crippen LogP contribution in [-0.2, 0) is 0 Å². The highest BCUT2D eigenvalue weighted by molar-refractivity contribution is 5.88. The van der Waals surface area contributed by atoms with E-state index in [0.29, 0.717) is 30.7 Å². The van der Waals surface area contributed by atoms with Crippen LogP contribution in [0.15, 0.2) is 31.0 Å². The van der Waals surface area contributed by atoms with Gasteiger partial charge in [0.1, 0.15) is 6.33 Å². The molecular formula is C15H18N6O2. The zero-order valence-electron chi connectivity index (χ0n) is 12.8. The number of likely N-dealkylation sites (tertiary alicyclic amines) is 1. The van der Waals surface area contributed by atoms with E-state index in [1.54, 1.807) is 17.4 Å². The maximum absolute atomic E-state index is 12.3. The first-order chi connectivity index (χ1) is 11.3. The van der Waals surface area contributed by atoms with E-state index in [1.807, 2.05) is 6.07 Å². The first kappa shape index (κ1) is 15.1. The standard InChI is InChI=1S/C15H18N6O2/c1-23-14-9-17-13(8-18-14)20-15(22)21-6-3-11(4-7-21)12-2-5-16-10-19-12/h2,5,8-11H,3-4,6-7H2,1H3,(H,17,20,22). The van der Waals surface area contributed by atoms with Gasteiger partial charge in [-0.05, 0) is 18.9 Å². The van der Waals surface area contributed by atoms with Crippen LogP contribution in [0.5, 0.6) is 5.88 Å². The number of aromatic nitrogens is 4. The molecule has 0 aliphatic carbocycles. The summed E-state index contributed by atoms with van der Waals surface area (Å²) in [6.45, 7) is 1.37. The molecule has 8 nitrogen and oxygen atoms in total. The summed E-state index contributed by atoms with van der Waals surface area (Å²) in [4.78, 5) is 30.4. The molecule has 1 aliphatic heterocycles. The van der Waals surface area contributed by atoms with E-state index in [1.165, 1.54) is 19.5 Å². The van der Waals surface area contributed by atoms with Gasteiger partial charge in [0, 0.05) is 30.9 Å². The number of urea groups is 1. The Kier molecular flexibility index (Phi) is 4.60. The molecule has 0 bridgehead atoms. The van der Waals surface area contributed by atoms with Crippen molar-refractivity contribution in [3.8, 4) is 5.88 Å². The summed E-state index contributed by atoms with van der Waals surface area (Å²) in [5.41, 5.74) is 1.04. The van der Waals surface area contributed by atoms with E-state index in [2.05, 4.69) is 25.3 Å². The van der Waals surface area contributed by atoms with Crippen LogP contribution in [0.3, 0.4) is 0 Å². The lowest BCUT2D eigenvalue weighted by molar-refractivity contribution is 0.194. The summed E-state index contributed by atoms with van der Waals surface area (Å²) >= 11 is 0. The largest absolute Gasteiger partial charge is 0.480 e. The van der Waals surface area contributed by atoms with E-state index in [-0.39, 0.29) is 6.03 Å². The summed E-state index contributed by atoms with van der Waals surface area (Å²) in [5, 5.41) is 2.75. The summed E-state index contributed by atoms with van der Waals surface area (Å²) in [6, 6.07) is 1.78. The Bertz CT molecular complexity index is 641. The molecule has 1 N–H and O–H groups in total. The molecule has 2 aromatic heterocycles. The fourth-order valence-corrected chi connectivity index (χ4v) is 2.60. The lowest BCUT2D eigenvalue weighted by atomic mass is 9.93. The lowest BCUT2D eigenvalue weighted by Gasteiger charge is -2.31. The average Bonchev–Trinajstić information content (AvgIpc) is 2.63. The molecule has 2 aromatic rings. The van der Waals surface area contributed by atoms with Crippen LogP contribution in [0.25, 0.3) is 0 Å². The van der Waals surface area contributed by atoms with Crippen molar-refractivity contribution in [1.29, 1.82) is 0 Å². The highest BCUT2D eigenvalue weighted by Gasteiger charge is 2.24. The molecule has 8 heteroatoms. The van der Waals surface area contributed by atoms with Gasteiger partial charge in [0.05, 0.1) is 19.5 Å². The number of carbonyl (C=O) groups is 1. The number of methoxy groups -OCH3 is 1. The second-order valence-corrected chi connectivity index (χ2v) is 5.27. The molecule has 23 heavy (non-hydrogen) atoms. The van der Waals surface area contributed by atoms with Crippen molar-refractivity contribution in [1.82, 2.24) is 24.8 Å². The first-order valence-corrected chi connectivity index (χ1v) is 7.44. The second kappa shape index (κ2) is 6.99. The lowest BCUT2D eigenvalue weighted by Crippen LogP contribution is -2.40. The molecule has 0 spiro atoms. The third-order valence-corrected chi connectivity index (χ3v) is 3.88. The van der Waals surface area contributed by atoms with Crippen molar-refractivity contribution >= 4 is 11.8 Å². The van der Waals surface area contributed by atoms with E-state index in [9.17, 15) is 4.79 Å². The van der Waals surface area contributed by atoms with Crippen LogP contribution < -0.4 is 10.1 Å². The molecule has 1 saturated heterocycles. The van der Waals surface area contributed by atoms with Gasteiger partial charge in [0.25, 0.3) is 0 Å².